The fraction of sp³-hybridized carbons (Fsp3) is 0.143. The molecular weight excluding hydrogens is 396 g/mol. The molecule has 4 aromatic rings. The molecule has 0 aliphatic heterocycles. The molecule has 0 radical (unpaired) electrons. The van der Waals surface area contributed by atoms with Crippen LogP contribution in [0.3, 0.4) is 0 Å². The highest BCUT2D eigenvalue weighted by atomic mass is 16.2. The van der Waals surface area contributed by atoms with E-state index in [0.717, 1.165) is 28.3 Å². The van der Waals surface area contributed by atoms with Gasteiger partial charge >= 0.3 is 0 Å². The van der Waals surface area contributed by atoms with Crippen LogP contribution in [0.1, 0.15) is 21.5 Å². The topological polar surface area (TPSA) is 58.2 Å². The van der Waals surface area contributed by atoms with Crippen LogP contribution in [0.4, 0.5) is 0 Å². The van der Waals surface area contributed by atoms with Crippen LogP contribution in [-0.4, -0.2) is 24.4 Å². The van der Waals surface area contributed by atoms with Crippen molar-refractivity contribution in [2.75, 3.05) is 6.54 Å². The summed E-state index contributed by atoms with van der Waals surface area (Å²) in [5.74, 6) is -0.431. The summed E-state index contributed by atoms with van der Waals surface area (Å²) < 4.78 is 0. The highest BCUT2D eigenvalue weighted by molar-refractivity contribution is 6.08. The lowest BCUT2D eigenvalue weighted by atomic mass is 10.0. The van der Waals surface area contributed by atoms with Crippen molar-refractivity contribution in [2.45, 2.75) is 18.9 Å². The molecule has 1 atom stereocenters. The number of hydrogen-bond acceptors (Lipinski definition) is 2. The lowest BCUT2D eigenvalue weighted by Gasteiger charge is -2.19. The van der Waals surface area contributed by atoms with Gasteiger partial charge in [-0.2, -0.15) is 0 Å². The number of carbonyl (C=O) groups is 2. The van der Waals surface area contributed by atoms with E-state index >= 15 is 0 Å². The maximum absolute atomic E-state index is 13.2. The first kappa shape index (κ1) is 21.3. The van der Waals surface area contributed by atoms with E-state index in [1.807, 2.05) is 97.1 Å². The van der Waals surface area contributed by atoms with Gasteiger partial charge in [0.15, 0.2) is 0 Å². The lowest BCUT2D eigenvalue weighted by molar-refractivity contribution is -0.122. The number of amides is 2. The van der Waals surface area contributed by atoms with Gasteiger partial charge in [0.05, 0.1) is 0 Å². The summed E-state index contributed by atoms with van der Waals surface area (Å²) in [5, 5.41) is 7.83. The summed E-state index contributed by atoms with van der Waals surface area (Å²) in [5.41, 5.74) is 2.72. The molecule has 0 fully saturated rings. The van der Waals surface area contributed by atoms with Crippen molar-refractivity contribution in [3.05, 3.63) is 120 Å². The number of rotatable bonds is 8. The predicted molar refractivity (Wildman–Crippen MR) is 129 cm³/mol. The molecule has 0 aliphatic rings. The van der Waals surface area contributed by atoms with Crippen LogP contribution in [-0.2, 0) is 17.6 Å². The Bertz CT molecular complexity index is 1180. The summed E-state index contributed by atoms with van der Waals surface area (Å²) in [6.07, 6.45) is 1.16. The van der Waals surface area contributed by atoms with Gasteiger partial charge in [0.25, 0.3) is 5.91 Å². The quantitative estimate of drug-likeness (QED) is 0.438. The van der Waals surface area contributed by atoms with Crippen LogP contribution in [0.15, 0.2) is 103 Å². The van der Waals surface area contributed by atoms with Crippen LogP contribution < -0.4 is 10.6 Å². The monoisotopic (exact) mass is 422 g/mol. The molecule has 4 nitrogen and oxygen atoms in total. The van der Waals surface area contributed by atoms with Crippen LogP contribution in [0, 0.1) is 0 Å². The largest absolute Gasteiger partial charge is 0.354 e. The molecule has 1 unspecified atom stereocenters. The second kappa shape index (κ2) is 10.4. The molecule has 0 saturated carbocycles. The van der Waals surface area contributed by atoms with Crippen molar-refractivity contribution in [2.24, 2.45) is 0 Å². The van der Waals surface area contributed by atoms with Gasteiger partial charge in [-0.25, -0.2) is 0 Å². The van der Waals surface area contributed by atoms with E-state index < -0.39 is 6.04 Å². The minimum Gasteiger partial charge on any atom is -0.354 e. The third-order valence-corrected chi connectivity index (χ3v) is 5.49. The van der Waals surface area contributed by atoms with Crippen LogP contribution in [0.5, 0.6) is 0 Å². The summed E-state index contributed by atoms with van der Waals surface area (Å²) in [4.78, 5) is 26.2. The molecule has 4 aromatic carbocycles. The summed E-state index contributed by atoms with van der Waals surface area (Å²) >= 11 is 0. The van der Waals surface area contributed by atoms with Gasteiger partial charge in [-0.15, -0.1) is 0 Å². The first-order chi connectivity index (χ1) is 15.7. The molecule has 2 amide bonds. The second-order valence-corrected chi connectivity index (χ2v) is 7.77. The Hall–Kier alpha value is -3.92. The zero-order chi connectivity index (χ0) is 22.2. The minimum absolute atomic E-state index is 0.182. The van der Waals surface area contributed by atoms with E-state index in [1.165, 1.54) is 0 Å². The standard InChI is InChI=1S/C28H26N2O2/c31-27(25-17-9-15-23-14-7-8-16-24(23)25)30-26(20-22-12-5-2-6-13-22)28(32)29-19-18-21-10-3-1-4-11-21/h1-17,26H,18-20H2,(H,29,32)(H,30,31). The molecule has 0 saturated heterocycles. The zero-order valence-corrected chi connectivity index (χ0v) is 17.8. The Labute approximate surface area is 188 Å². The van der Waals surface area contributed by atoms with Crippen LogP contribution in [0.25, 0.3) is 10.8 Å². The molecular formula is C28H26N2O2. The molecule has 4 heteroatoms. The van der Waals surface area contributed by atoms with Gasteiger partial charge < -0.3 is 10.6 Å². The molecule has 0 heterocycles. The van der Waals surface area contributed by atoms with Crippen molar-refractivity contribution in [3.63, 3.8) is 0 Å². The van der Waals surface area contributed by atoms with Crippen molar-refractivity contribution >= 4 is 22.6 Å². The molecule has 2 N–H and O–H groups in total. The fourth-order valence-electron chi connectivity index (χ4n) is 3.82. The van der Waals surface area contributed by atoms with Gasteiger partial charge in [0, 0.05) is 18.5 Å². The SMILES string of the molecule is O=C(NC(Cc1ccccc1)C(=O)NCCc1ccccc1)c1cccc2ccccc12. The predicted octanol–water partition coefficient (Wildman–Crippen LogP) is 4.54. The highest BCUT2D eigenvalue weighted by Gasteiger charge is 2.22. The first-order valence-electron chi connectivity index (χ1n) is 10.8. The van der Waals surface area contributed by atoms with Crippen molar-refractivity contribution in [3.8, 4) is 0 Å². The van der Waals surface area contributed by atoms with Crippen molar-refractivity contribution < 1.29 is 9.59 Å². The average Bonchev–Trinajstić information content (AvgIpc) is 2.84. The van der Waals surface area contributed by atoms with E-state index in [2.05, 4.69) is 10.6 Å². The lowest BCUT2D eigenvalue weighted by Crippen LogP contribution is -2.48. The van der Waals surface area contributed by atoms with Gasteiger partial charge in [0.2, 0.25) is 5.91 Å². The van der Waals surface area contributed by atoms with Gasteiger partial charge in [0.1, 0.15) is 6.04 Å². The van der Waals surface area contributed by atoms with E-state index in [0.29, 0.717) is 18.5 Å². The molecule has 160 valence electrons. The Kier molecular flexibility index (Phi) is 6.93. The minimum atomic E-state index is -0.667. The van der Waals surface area contributed by atoms with Crippen LogP contribution >= 0.6 is 0 Å². The second-order valence-electron chi connectivity index (χ2n) is 7.77. The smallest absolute Gasteiger partial charge is 0.252 e. The fourth-order valence-corrected chi connectivity index (χ4v) is 3.82. The van der Waals surface area contributed by atoms with E-state index in [-0.39, 0.29) is 11.8 Å². The maximum atomic E-state index is 13.2. The molecule has 4 rings (SSSR count). The maximum Gasteiger partial charge on any atom is 0.252 e. The molecule has 0 aliphatic carbocycles. The molecule has 0 aromatic heterocycles. The summed E-state index contributed by atoms with van der Waals surface area (Å²) in [6.45, 7) is 0.512. The number of fused-ring (bicyclic) bond motifs is 1. The number of hydrogen-bond donors (Lipinski definition) is 2. The van der Waals surface area contributed by atoms with Crippen molar-refractivity contribution in [1.29, 1.82) is 0 Å². The Morgan fingerprint density at radius 2 is 1.31 bits per heavy atom. The molecule has 0 spiro atoms. The summed E-state index contributed by atoms with van der Waals surface area (Å²) in [7, 11) is 0. The van der Waals surface area contributed by atoms with Gasteiger partial charge in [-0.1, -0.05) is 97.1 Å². The van der Waals surface area contributed by atoms with Gasteiger partial charge in [-0.05, 0) is 34.4 Å². The average molecular weight is 423 g/mol. The van der Waals surface area contributed by atoms with Crippen LogP contribution in [0.2, 0.25) is 0 Å². The Balaban J connectivity index is 1.49. The van der Waals surface area contributed by atoms with Crippen molar-refractivity contribution in [1.82, 2.24) is 10.6 Å². The van der Waals surface area contributed by atoms with E-state index in [4.69, 9.17) is 0 Å². The molecule has 32 heavy (non-hydrogen) atoms. The Morgan fingerprint density at radius 3 is 2.06 bits per heavy atom. The number of nitrogens with one attached hydrogen (secondary N) is 2. The number of benzene rings is 4. The highest BCUT2D eigenvalue weighted by Crippen LogP contribution is 2.18. The van der Waals surface area contributed by atoms with Gasteiger partial charge in [-0.3, -0.25) is 9.59 Å². The number of carbonyl (C=O) groups excluding carboxylic acids is 2. The van der Waals surface area contributed by atoms with E-state index in [1.54, 1.807) is 6.07 Å². The third kappa shape index (κ3) is 5.41. The van der Waals surface area contributed by atoms with E-state index in [9.17, 15) is 9.59 Å². The normalized spacial score (nSPS) is 11.6. The first-order valence-corrected chi connectivity index (χ1v) is 10.8. The third-order valence-electron chi connectivity index (χ3n) is 5.49. The zero-order valence-electron chi connectivity index (χ0n) is 17.8. The molecule has 0 bridgehead atoms. The summed E-state index contributed by atoms with van der Waals surface area (Å²) in [6, 6.07) is 32.5. The Morgan fingerprint density at radius 1 is 0.688 bits per heavy atom.